The van der Waals surface area contributed by atoms with E-state index in [2.05, 4.69) is 33.0 Å². The molecule has 1 rings (SSSR count). The van der Waals surface area contributed by atoms with Crippen molar-refractivity contribution < 1.29 is 4.48 Å². The molecule has 1 aliphatic heterocycles. The van der Waals surface area contributed by atoms with Crippen LogP contribution in [0.2, 0.25) is 0 Å². The fraction of sp³-hybridized carbons (Fsp3) is 1.00. The highest BCUT2D eigenvalue weighted by Crippen LogP contribution is 2.15. The van der Waals surface area contributed by atoms with Gasteiger partial charge < -0.3 is 4.48 Å². The molecule has 2 nitrogen and oxygen atoms in total. The lowest BCUT2D eigenvalue weighted by atomic mass is 10.3. The van der Waals surface area contributed by atoms with Gasteiger partial charge in [-0.25, -0.2) is 0 Å². The molecule has 0 aromatic heterocycles. The number of rotatable bonds is 0. The van der Waals surface area contributed by atoms with Gasteiger partial charge in [-0.2, -0.15) is 0 Å². The molecule has 0 spiro atoms. The van der Waals surface area contributed by atoms with Crippen molar-refractivity contribution in [3.63, 3.8) is 0 Å². The summed E-state index contributed by atoms with van der Waals surface area (Å²) in [6.45, 7) is 4.75. The van der Waals surface area contributed by atoms with Gasteiger partial charge in [0.25, 0.3) is 0 Å². The Bertz CT molecular complexity index is 109. The van der Waals surface area contributed by atoms with E-state index >= 15 is 0 Å². The standard InChI is InChI=1S/C7H17N2/c1-7-5-8(2)6-9(7,3)4/h7H,5-6H2,1-4H3/q+1. The summed E-state index contributed by atoms with van der Waals surface area (Å²) in [4.78, 5) is 2.38. The maximum absolute atomic E-state index is 2.38. The first-order valence-electron chi connectivity index (χ1n) is 3.53. The zero-order valence-electron chi connectivity index (χ0n) is 6.89. The van der Waals surface area contributed by atoms with Crippen molar-refractivity contribution in [3.05, 3.63) is 0 Å². The third-order valence-electron chi connectivity index (χ3n) is 2.38. The molecule has 0 aromatic carbocycles. The molecule has 9 heavy (non-hydrogen) atoms. The van der Waals surface area contributed by atoms with E-state index in [-0.39, 0.29) is 0 Å². The van der Waals surface area contributed by atoms with E-state index in [1.165, 1.54) is 13.2 Å². The summed E-state index contributed by atoms with van der Waals surface area (Å²) in [5.74, 6) is 0. The van der Waals surface area contributed by atoms with E-state index in [4.69, 9.17) is 0 Å². The number of nitrogens with zero attached hydrogens (tertiary/aromatic N) is 2. The minimum atomic E-state index is 0.801. The van der Waals surface area contributed by atoms with Crippen molar-refractivity contribution in [1.29, 1.82) is 0 Å². The molecule has 0 N–H and O–H groups in total. The predicted molar refractivity (Wildman–Crippen MR) is 39.1 cm³/mol. The summed E-state index contributed by atoms with van der Waals surface area (Å²) in [5, 5.41) is 0. The lowest BCUT2D eigenvalue weighted by Gasteiger charge is -2.27. The van der Waals surface area contributed by atoms with Crippen LogP contribution in [-0.2, 0) is 0 Å². The van der Waals surface area contributed by atoms with E-state index in [0.29, 0.717) is 0 Å². The third kappa shape index (κ3) is 1.25. The monoisotopic (exact) mass is 129 g/mol. The number of hydrogen-bond donors (Lipinski definition) is 0. The first kappa shape index (κ1) is 7.03. The topological polar surface area (TPSA) is 3.24 Å². The van der Waals surface area contributed by atoms with Gasteiger partial charge in [-0.1, -0.05) is 0 Å². The molecule has 0 amide bonds. The van der Waals surface area contributed by atoms with E-state index < -0.39 is 0 Å². The fourth-order valence-electron chi connectivity index (χ4n) is 1.49. The van der Waals surface area contributed by atoms with Crippen LogP contribution in [0.25, 0.3) is 0 Å². The second-order valence-corrected chi connectivity index (χ2v) is 3.81. The Morgan fingerprint density at radius 2 is 2.00 bits per heavy atom. The molecule has 1 fully saturated rings. The number of quaternary nitrogens is 1. The van der Waals surface area contributed by atoms with Crippen molar-refractivity contribution >= 4 is 0 Å². The zero-order valence-corrected chi connectivity index (χ0v) is 6.89. The van der Waals surface area contributed by atoms with Crippen LogP contribution >= 0.6 is 0 Å². The van der Waals surface area contributed by atoms with E-state index in [0.717, 1.165) is 10.5 Å². The molecule has 0 radical (unpaired) electrons. The van der Waals surface area contributed by atoms with Gasteiger partial charge in [-0.3, -0.25) is 4.90 Å². The normalized spacial score (nSPS) is 35.3. The summed E-state index contributed by atoms with van der Waals surface area (Å²) in [6.07, 6.45) is 0. The van der Waals surface area contributed by atoms with Crippen molar-refractivity contribution in [2.24, 2.45) is 0 Å². The molecular weight excluding hydrogens is 112 g/mol. The smallest absolute Gasteiger partial charge is 0.134 e. The van der Waals surface area contributed by atoms with Crippen LogP contribution in [0, 0.1) is 0 Å². The average Bonchev–Trinajstić information content (AvgIpc) is 1.79. The second-order valence-electron chi connectivity index (χ2n) is 3.81. The third-order valence-corrected chi connectivity index (χ3v) is 2.38. The molecule has 1 saturated heterocycles. The van der Waals surface area contributed by atoms with Gasteiger partial charge in [-0.15, -0.1) is 0 Å². The lowest BCUT2D eigenvalue weighted by Crippen LogP contribution is -2.43. The van der Waals surface area contributed by atoms with Gasteiger partial charge >= 0.3 is 0 Å². The molecule has 1 heterocycles. The molecule has 1 aliphatic rings. The Hall–Kier alpha value is -0.0800. The number of likely N-dealkylation sites (N-methyl/N-ethyl adjacent to an activating group) is 2. The highest BCUT2D eigenvalue weighted by molar-refractivity contribution is 4.62. The van der Waals surface area contributed by atoms with E-state index in [1.807, 2.05) is 0 Å². The molecule has 2 heteroatoms. The van der Waals surface area contributed by atoms with Gasteiger partial charge in [-0.05, 0) is 14.0 Å². The lowest BCUT2D eigenvalue weighted by molar-refractivity contribution is -0.903. The minimum absolute atomic E-state index is 0.801. The molecular formula is C7H17N2+. The number of hydrogen-bond acceptors (Lipinski definition) is 1. The Kier molecular flexibility index (Phi) is 1.53. The quantitative estimate of drug-likeness (QED) is 0.427. The summed E-state index contributed by atoms with van der Waals surface area (Å²) in [5.41, 5.74) is 0. The van der Waals surface area contributed by atoms with Gasteiger partial charge in [0.05, 0.1) is 26.7 Å². The summed E-state index contributed by atoms with van der Waals surface area (Å²) >= 11 is 0. The SMILES string of the molecule is CC1CN(C)C[N+]1(C)C. The summed E-state index contributed by atoms with van der Waals surface area (Å²) in [7, 11) is 6.76. The molecule has 0 bridgehead atoms. The van der Waals surface area contributed by atoms with Crippen LogP contribution in [0.5, 0.6) is 0 Å². The summed E-state index contributed by atoms with van der Waals surface area (Å²) in [6, 6.07) is 0.801. The van der Waals surface area contributed by atoms with Crippen LogP contribution in [0.1, 0.15) is 6.92 Å². The van der Waals surface area contributed by atoms with Gasteiger partial charge in [0.15, 0.2) is 0 Å². The average molecular weight is 129 g/mol. The van der Waals surface area contributed by atoms with Crippen LogP contribution in [0.3, 0.4) is 0 Å². The molecule has 0 aliphatic carbocycles. The van der Waals surface area contributed by atoms with Gasteiger partial charge in [0.1, 0.15) is 6.67 Å². The highest BCUT2D eigenvalue weighted by Gasteiger charge is 2.33. The maximum atomic E-state index is 2.38. The largest absolute Gasteiger partial charge is 0.313 e. The van der Waals surface area contributed by atoms with Gasteiger partial charge in [0, 0.05) is 0 Å². The Morgan fingerprint density at radius 3 is 2.11 bits per heavy atom. The first-order valence-corrected chi connectivity index (χ1v) is 3.53. The van der Waals surface area contributed by atoms with Crippen molar-refractivity contribution in [3.8, 4) is 0 Å². The van der Waals surface area contributed by atoms with Crippen LogP contribution < -0.4 is 0 Å². The molecule has 0 saturated carbocycles. The molecule has 1 unspecified atom stereocenters. The minimum Gasteiger partial charge on any atom is -0.313 e. The van der Waals surface area contributed by atoms with Crippen molar-refractivity contribution in [2.45, 2.75) is 13.0 Å². The first-order chi connectivity index (χ1) is 4.02. The maximum Gasteiger partial charge on any atom is 0.134 e. The Morgan fingerprint density at radius 1 is 1.44 bits per heavy atom. The van der Waals surface area contributed by atoms with Crippen LogP contribution in [-0.4, -0.2) is 49.8 Å². The molecule has 0 aromatic rings. The van der Waals surface area contributed by atoms with Crippen molar-refractivity contribution in [1.82, 2.24) is 4.90 Å². The zero-order chi connectivity index (χ0) is 7.07. The second kappa shape index (κ2) is 1.96. The summed E-state index contributed by atoms with van der Waals surface area (Å²) < 4.78 is 1.15. The van der Waals surface area contributed by atoms with E-state index in [1.54, 1.807) is 0 Å². The Labute approximate surface area is 57.7 Å². The molecule has 54 valence electrons. The molecule has 1 atom stereocenters. The van der Waals surface area contributed by atoms with Crippen LogP contribution in [0.4, 0.5) is 0 Å². The fourth-order valence-corrected chi connectivity index (χ4v) is 1.49. The van der Waals surface area contributed by atoms with Crippen molar-refractivity contribution in [2.75, 3.05) is 34.4 Å². The van der Waals surface area contributed by atoms with E-state index in [9.17, 15) is 0 Å². The predicted octanol–water partition coefficient (Wildman–Crippen LogP) is 0.354. The highest BCUT2D eigenvalue weighted by atomic mass is 15.5. The van der Waals surface area contributed by atoms with Crippen LogP contribution in [0.15, 0.2) is 0 Å². The Balaban J connectivity index is 2.58. The van der Waals surface area contributed by atoms with Gasteiger partial charge in [0.2, 0.25) is 0 Å².